The van der Waals surface area contributed by atoms with Crippen molar-refractivity contribution in [3.05, 3.63) is 29.3 Å². The molecule has 0 bridgehead atoms. The standard InChI is InChI=1S/C13H19NO/c1-10-8-12(2-3-13(10)14)9-11-4-6-15-7-5-11/h2-3,8,11H,4-7,9,14H2,1H3. The summed E-state index contributed by atoms with van der Waals surface area (Å²) in [6.45, 7) is 3.93. The maximum Gasteiger partial charge on any atom is 0.0468 e. The fraction of sp³-hybridized carbons (Fsp3) is 0.538. The summed E-state index contributed by atoms with van der Waals surface area (Å²) in [5.41, 5.74) is 9.30. The minimum atomic E-state index is 0.793. The van der Waals surface area contributed by atoms with Crippen molar-refractivity contribution in [2.24, 2.45) is 5.92 Å². The highest BCUT2D eigenvalue weighted by atomic mass is 16.5. The molecule has 1 heterocycles. The van der Waals surface area contributed by atoms with Crippen molar-refractivity contribution < 1.29 is 4.74 Å². The average molecular weight is 205 g/mol. The summed E-state index contributed by atoms with van der Waals surface area (Å²) < 4.78 is 5.36. The zero-order chi connectivity index (χ0) is 10.7. The van der Waals surface area contributed by atoms with Gasteiger partial charge in [0.1, 0.15) is 0 Å². The van der Waals surface area contributed by atoms with Crippen LogP contribution in [0.15, 0.2) is 18.2 Å². The lowest BCUT2D eigenvalue weighted by atomic mass is 9.92. The Morgan fingerprint density at radius 1 is 1.33 bits per heavy atom. The van der Waals surface area contributed by atoms with Gasteiger partial charge in [-0.05, 0) is 49.3 Å². The Balaban J connectivity index is 2.00. The lowest BCUT2D eigenvalue weighted by Gasteiger charge is -2.22. The van der Waals surface area contributed by atoms with E-state index in [1.54, 1.807) is 0 Å². The van der Waals surface area contributed by atoms with Crippen LogP contribution in [0.2, 0.25) is 0 Å². The number of hydrogen-bond donors (Lipinski definition) is 1. The van der Waals surface area contributed by atoms with E-state index in [9.17, 15) is 0 Å². The summed E-state index contributed by atoms with van der Waals surface area (Å²) >= 11 is 0. The van der Waals surface area contributed by atoms with E-state index < -0.39 is 0 Å². The van der Waals surface area contributed by atoms with E-state index in [1.807, 2.05) is 6.07 Å². The van der Waals surface area contributed by atoms with Gasteiger partial charge in [0.25, 0.3) is 0 Å². The third-order valence-electron chi connectivity index (χ3n) is 3.20. The van der Waals surface area contributed by atoms with E-state index in [1.165, 1.54) is 30.4 Å². The average Bonchev–Trinajstić information content (AvgIpc) is 2.25. The number of rotatable bonds is 2. The van der Waals surface area contributed by atoms with E-state index >= 15 is 0 Å². The van der Waals surface area contributed by atoms with Crippen LogP contribution in [0.4, 0.5) is 5.69 Å². The first kappa shape index (κ1) is 10.5. The molecule has 1 aromatic rings. The van der Waals surface area contributed by atoms with Crippen molar-refractivity contribution >= 4 is 5.69 Å². The number of benzene rings is 1. The third kappa shape index (κ3) is 2.72. The molecule has 0 spiro atoms. The van der Waals surface area contributed by atoms with Crippen molar-refractivity contribution in [1.82, 2.24) is 0 Å². The molecule has 1 saturated heterocycles. The van der Waals surface area contributed by atoms with E-state index in [-0.39, 0.29) is 0 Å². The zero-order valence-corrected chi connectivity index (χ0v) is 9.33. The van der Waals surface area contributed by atoms with Crippen molar-refractivity contribution in [2.45, 2.75) is 26.2 Å². The smallest absolute Gasteiger partial charge is 0.0468 e. The summed E-state index contributed by atoms with van der Waals surface area (Å²) in [5.74, 6) is 0.793. The van der Waals surface area contributed by atoms with E-state index in [4.69, 9.17) is 10.5 Å². The second-order valence-corrected chi connectivity index (χ2v) is 4.45. The number of ether oxygens (including phenoxy) is 1. The largest absolute Gasteiger partial charge is 0.399 e. The molecular formula is C13H19NO. The van der Waals surface area contributed by atoms with Crippen LogP contribution in [-0.4, -0.2) is 13.2 Å². The molecule has 2 N–H and O–H groups in total. The number of nitrogens with two attached hydrogens (primary N) is 1. The quantitative estimate of drug-likeness (QED) is 0.753. The van der Waals surface area contributed by atoms with Gasteiger partial charge < -0.3 is 10.5 Å². The van der Waals surface area contributed by atoms with Gasteiger partial charge in [-0.25, -0.2) is 0 Å². The molecular weight excluding hydrogens is 186 g/mol. The maximum atomic E-state index is 5.80. The molecule has 0 aromatic heterocycles. The summed E-state index contributed by atoms with van der Waals surface area (Å²) in [5, 5.41) is 0. The van der Waals surface area contributed by atoms with Crippen LogP contribution in [0, 0.1) is 12.8 Å². The van der Waals surface area contributed by atoms with Crippen LogP contribution < -0.4 is 5.73 Å². The molecule has 1 aliphatic rings. The van der Waals surface area contributed by atoms with Crippen LogP contribution in [0.3, 0.4) is 0 Å². The Labute approximate surface area is 91.4 Å². The monoisotopic (exact) mass is 205 g/mol. The molecule has 0 amide bonds. The highest BCUT2D eigenvalue weighted by molar-refractivity contribution is 5.47. The van der Waals surface area contributed by atoms with E-state index in [0.717, 1.165) is 24.8 Å². The van der Waals surface area contributed by atoms with Gasteiger partial charge in [0, 0.05) is 18.9 Å². The fourth-order valence-corrected chi connectivity index (χ4v) is 2.15. The summed E-state index contributed by atoms with van der Waals surface area (Å²) in [7, 11) is 0. The van der Waals surface area contributed by atoms with Crippen LogP contribution in [-0.2, 0) is 11.2 Å². The van der Waals surface area contributed by atoms with Gasteiger partial charge in [-0.3, -0.25) is 0 Å². The SMILES string of the molecule is Cc1cc(CC2CCOCC2)ccc1N. The molecule has 82 valence electrons. The first-order chi connectivity index (χ1) is 7.25. The molecule has 1 aromatic carbocycles. The second kappa shape index (κ2) is 4.67. The second-order valence-electron chi connectivity index (χ2n) is 4.45. The first-order valence-electron chi connectivity index (χ1n) is 5.68. The van der Waals surface area contributed by atoms with Crippen molar-refractivity contribution in [1.29, 1.82) is 0 Å². The molecule has 0 atom stereocenters. The van der Waals surface area contributed by atoms with Gasteiger partial charge in [-0.15, -0.1) is 0 Å². The van der Waals surface area contributed by atoms with E-state index in [2.05, 4.69) is 19.1 Å². The van der Waals surface area contributed by atoms with Crippen molar-refractivity contribution in [3.8, 4) is 0 Å². The molecule has 0 radical (unpaired) electrons. The topological polar surface area (TPSA) is 35.2 Å². The molecule has 1 fully saturated rings. The van der Waals surface area contributed by atoms with E-state index in [0.29, 0.717) is 0 Å². The lowest BCUT2D eigenvalue weighted by Crippen LogP contribution is -2.17. The Hall–Kier alpha value is -1.02. The minimum absolute atomic E-state index is 0.793. The molecule has 1 aliphatic heterocycles. The predicted molar refractivity (Wildman–Crippen MR) is 62.8 cm³/mol. The van der Waals surface area contributed by atoms with Gasteiger partial charge in [-0.1, -0.05) is 12.1 Å². The zero-order valence-electron chi connectivity index (χ0n) is 9.33. The molecule has 2 nitrogen and oxygen atoms in total. The Morgan fingerprint density at radius 2 is 2.07 bits per heavy atom. The van der Waals surface area contributed by atoms with Gasteiger partial charge in [0.2, 0.25) is 0 Å². The lowest BCUT2D eigenvalue weighted by molar-refractivity contribution is 0.0665. The molecule has 0 unspecified atom stereocenters. The molecule has 2 rings (SSSR count). The summed E-state index contributed by atoms with van der Waals surface area (Å²) in [6.07, 6.45) is 3.57. The van der Waals surface area contributed by atoms with Crippen LogP contribution in [0.1, 0.15) is 24.0 Å². The maximum absolute atomic E-state index is 5.80. The van der Waals surface area contributed by atoms with Crippen LogP contribution >= 0.6 is 0 Å². The number of aryl methyl sites for hydroxylation is 1. The Morgan fingerprint density at radius 3 is 2.73 bits per heavy atom. The van der Waals surface area contributed by atoms with Gasteiger partial charge in [0.15, 0.2) is 0 Å². The summed E-state index contributed by atoms with van der Waals surface area (Å²) in [6, 6.07) is 6.38. The van der Waals surface area contributed by atoms with Gasteiger partial charge in [-0.2, -0.15) is 0 Å². The van der Waals surface area contributed by atoms with Crippen molar-refractivity contribution in [2.75, 3.05) is 18.9 Å². The summed E-state index contributed by atoms with van der Waals surface area (Å²) in [4.78, 5) is 0. The third-order valence-corrected chi connectivity index (χ3v) is 3.20. The van der Waals surface area contributed by atoms with Crippen LogP contribution in [0.25, 0.3) is 0 Å². The number of nitrogen functional groups attached to an aromatic ring is 1. The molecule has 15 heavy (non-hydrogen) atoms. The Kier molecular flexibility index (Phi) is 3.27. The molecule has 0 aliphatic carbocycles. The van der Waals surface area contributed by atoms with Crippen molar-refractivity contribution in [3.63, 3.8) is 0 Å². The predicted octanol–water partition coefficient (Wildman–Crippen LogP) is 2.55. The Bertz CT molecular complexity index is 329. The normalized spacial score (nSPS) is 17.9. The highest BCUT2D eigenvalue weighted by Crippen LogP contribution is 2.21. The van der Waals surface area contributed by atoms with Gasteiger partial charge >= 0.3 is 0 Å². The number of hydrogen-bond acceptors (Lipinski definition) is 2. The van der Waals surface area contributed by atoms with Crippen LogP contribution in [0.5, 0.6) is 0 Å². The van der Waals surface area contributed by atoms with Gasteiger partial charge in [0.05, 0.1) is 0 Å². The number of anilines is 1. The molecule has 0 saturated carbocycles. The fourth-order valence-electron chi connectivity index (χ4n) is 2.15. The highest BCUT2D eigenvalue weighted by Gasteiger charge is 2.14. The molecule has 2 heteroatoms. The first-order valence-corrected chi connectivity index (χ1v) is 5.68. The minimum Gasteiger partial charge on any atom is -0.399 e.